The molecule has 0 aromatic rings. The molecule has 1 unspecified atom stereocenters. The number of hydrogen-bond acceptors (Lipinski definition) is 3. The summed E-state index contributed by atoms with van der Waals surface area (Å²) in [6.45, 7) is -0.0458. The summed E-state index contributed by atoms with van der Waals surface area (Å²) < 4.78 is 40.2. The van der Waals surface area contributed by atoms with Crippen molar-refractivity contribution in [1.82, 2.24) is 10.6 Å². The van der Waals surface area contributed by atoms with E-state index in [2.05, 4.69) is 15.4 Å². The van der Waals surface area contributed by atoms with Crippen LogP contribution in [-0.4, -0.2) is 48.6 Å². The zero-order valence-corrected chi connectivity index (χ0v) is 12.3. The van der Waals surface area contributed by atoms with E-state index < -0.39 is 30.8 Å². The van der Waals surface area contributed by atoms with Crippen LogP contribution >= 0.6 is 0 Å². The number of aliphatic carboxylic acids is 1. The van der Waals surface area contributed by atoms with Crippen molar-refractivity contribution in [2.45, 2.75) is 50.9 Å². The molecular formula is C13H21F3N2O4. The number of alkyl halides is 3. The number of urea groups is 1. The van der Waals surface area contributed by atoms with Gasteiger partial charge in [-0.2, -0.15) is 13.2 Å². The molecule has 22 heavy (non-hydrogen) atoms. The Balaban J connectivity index is 2.19. The van der Waals surface area contributed by atoms with Gasteiger partial charge in [0, 0.05) is 6.04 Å². The molecule has 0 saturated heterocycles. The van der Waals surface area contributed by atoms with E-state index in [4.69, 9.17) is 5.11 Å². The Morgan fingerprint density at radius 1 is 1.27 bits per heavy atom. The lowest BCUT2D eigenvalue weighted by molar-refractivity contribution is -0.174. The van der Waals surface area contributed by atoms with Gasteiger partial charge in [0.2, 0.25) is 0 Å². The molecule has 128 valence electrons. The van der Waals surface area contributed by atoms with Crippen LogP contribution in [0.4, 0.5) is 18.0 Å². The fourth-order valence-electron chi connectivity index (χ4n) is 2.33. The first-order valence-corrected chi connectivity index (χ1v) is 7.11. The van der Waals surface area contributed by atoms with Crippen LogP contribution in [0.25, 0.3) is 0 Å². The Labute approximate surface area is 126 Å². The smallest absolute Gasteiger partial charge is 0.411 e. The molecule has 1 saturated carbocycles. The van der Waals surface area contributed by atoms with E-state index in [1.807, 2.05) is 0 Å². The summed E-state index contributed by atoms with van der Waals surface area (Å²) in [4.78, 5) is 22.5. The molecule has 1 fully saturated rings. The lowest BCUT2D eigenvalue weighted by Crippen LogP contribution is -2.48. The zero-order chi connectivity index (χ0) is 16.8. The number of ether oxygens (including phenoxy) is 1. The molecule has 0 aromatic heterocycles. The summed E-state index contributed by atoms with van der Waals surface area (Å²) in [6.07, 6.45) is -2.23. The van der Waals surface area contributed by atoms with Crippen LogP contribution < -0.4 is 10.6 Å². The summed E-state index contributed by atoms with van der Waals surface area (Å²) in [5.74, 6) is -1.19. The van der Waals surface area contributed by atoms with E-state index in [9.17, 15) is 22.8 Å². The first-order valence-electron chi connectivity index (χ1n) is 7.11. The van der Waals surface area contributed by atoms with Gasteiger partial charge in [-0.3, -0.25) is 4.79 Å². The molecule has 0 spiro atoms. The van der Waals surface area contributed by atoms with Gasteiger partial charge in [0.25, 0.3) is 0 Å². The van der Waals surface area contributed by atoms with Crippen LogP contribution in [-0.2, 0) is 9.53 Å². The average molecular weight is 326 g/mol. The second-order valence-corrected chi connectivity index (χ2v) is 5.54. The molecular weight excluding hydrogens is 305 g/mol. The van der Waals surface area contributed by atoms with Gasteiger partial charge in [0.15, 0.2) is 0 Å². The van der Waals surface area contributed by atoms with Crippen LogP contribution in [0, 0.1) is 5.92 Å². The van der Waals surface area contributed by atoms with Crippen molar-refractivity contribution in [1.29, 1.82) is 0 Å². The summed E-state index contributed by atoms with van der Waals surface area (Å²) in [5, 5.41) is 14.1. The van der Waals surface area contributed by atoms with Gasteiger partial charge in [-0.15, -0.1) is 0 Å². The number of halogens is 3. The molecule has 0 radical (unpaired) electrons. The number of carbonyl (C=O) groups excluding carboxylic acids is 1. The maximum absolute atomic E-state index is 11.9. The minimum absolute atomic E-state index is 0.112. The fourth-order valence-corrected chi connectivity index (χ4v) is 2.33. The van der Waals surface area contributed by atoms with E-state index in [0.29, 0.717) is 25.7 Å². The van der Waals surface area contributed by atoms with Crippen LogP contribution in [0.15, 0.2) is 0 Å². The summed E-state index contributed by atoms with van der Waals surface area (Å²) in [7, 11) is 0. The predicted octanol–water partition coefficient (Wildman–Crippen LogP) is 1.90. The highest BCUT2D eigenvalue weighted by molar-refractivity contribution is 5.74. The number of rotatable bonds is 6. The Hall–Kier alpha value is -1.51. The van der Waals surface area contributed by atoms with Crippen LogP contribution in [0.3, 0.4) is 0 Å². The Kier molecular flexibility index (Phi) is 6.92. The third-order valence-electron chi connectivity index (χ3n) is 3.42. The first-order chi connectivity index (χ1) is 10.2. The Bertz CT molecular complexity index is 382. The zero-order valence-electron chi connectivity index (χ0n) is 12.3. The van der Waals surface area contributed by atoms with Gasteiger partial charge >= 0.3 is 18.2 Å². The Morgan fingerprint density at radius 3 is 2.36 bits per heavy atom. The summed E-state index contributed by atoms with van der Waals surface area (Å²) >= 11 is 0. The van der Waals surface area contributed by atoms with Crippen LogP contribution in [0.5, 0.6) is 0 Å². The first kappa shape index (κ1) is 18.5. The van der Waals surface area contributed by atoms with Gasteiger partial charge < -0.3 is 20.5 Å². The number of carbonyl (C=O) groups is 2. The number of carboxylic acids is 1. The van der Waals surface area contributed by atoms with E-state index in [1.54, 1.807) is 0 Å². The minimum atomic E-state index is -4.38. The molecule has 1 aliphatic carbocycles. The summed E-state index contributed by atoms with van der Waals surface area (Å²) in [5.41, 5.74) is 0. The van der Waals surface area contributed by atoms with Gasteiger partial charge in [-0.25, -0.2) is 4.79 Å². The molecule has 1 aliphatic rings. The van der Waals surface area contributed by atoms with E-state index in [1.165, 1.54) is 6.92 Å². The van der Waals surface area contributed by atoms with Crippen molar-refractivity contribution in [3.05, 3.63) is 0 Å². The highest BCUT2D eigenvalue weighted by atomic mass is 19.4. The average Bonchev–Trinajstić information content (AvgIpc) is 2.37. The second-order valence-electron chi connectivity index (χ2n) is 5.54. The molecule has 1 atom stereocenters. The van der Waals surface area contributed by atoms with E-state index >= 15 is 0 Å². The molecule has 0 bridgehead atoms. The molecule has 1 rings (SSSR count). The van der Waals surface area contributed by atoms with Crippen LogP contribution in [0.2, 0.25) is 0 Å². The number of amides is 2. The minimum Gasteiger partial charge on any atom is -0.481 e. The molecule has 0 aliphatic heterocycles. The lowest BCUT2D eigenvalue weighted by atomic mass is 9.86. The van der Waals surface area contributed by atoms with E-state index in [-0.39, 0.29) is 18.6 Å². The lowest BCUT2D eigenvalue weighted by Gasteiger charge is -2.27. The number of hydrogen-bond donors (Lipinski definition) is 3. The number of carboxylic acid groups (broad SMARTS) is 1. The molecule has 0 aromatic carbocycles. The molecule has 2 amide bonds. The van der Waals surface area contributed by atoms with Crippen molar-refractivity contribution in [3.8, 4) is 0 Å². The van der Waals surface area contributed by atoms with Crippen molar-refractivity contribution in [2.24, 2.45) is 5.92 Å². The van der Waals surface area contributed by atoms with Gasteiger partial charge in [0.1, 0.15) is 6.61 Å². The predicted molar refractivity (Wildman–Crippen MR) is 71.4 cm³/mol. The highest BCUT2D eigenvalue weighted by Crippen LogP contribution is 2.24. The third kappa shape index (κ3) is 7.48. The molecule has 0 heterocycles. The quantitative estimate of drug-likeness (QED) is 0.696. The normalized spacial score (nSPS) is 23.6. The topological polar surface area (TPSA) is 87.7 Å². The Morgan fingerprint density at radius 2 is 1.86 bits per heavy atom. The monoisotopic (exact) mass is 326 g/mol. The molecule has 3 N–H and O–H groups in total. The molecule has 6 nitrogen and oxygen atoms in total. The fraction of sp³-hybridized carbons (Fsp3) is 0.846. The standard InChI is InChI=1S/C13H21F3N2O4/c1-8(6-22-7-13(14,15)16)17-12(21)18-10-4-2-9(3-5-10)11(19)20/h8-10H,2-7H2,1H3,(H,19,20)(H2,17,18,21). The second kappa shape index (κ2) is 8.21. The van der Waals surface area contributed by atoms with Crippen molar-refractivity contribution >= 4 is 12.0 Å². The number of nitrogens with one attached hydrogen (secondary N) is 2. The van der Waals surface area contributed by atoms with Crippen molar-refractivity contribution < 1.29 is 32.6 Å². The maximum Gasteiger partial charge on any atom is 0.411 e. The van der Waals surface area contributed by atoms with Crippen molar-refractivity contribution in [2.75, 3.05) is 13.2 Å². The molecule has 9 heteroatoms. The van der Waals surface area contributed by atoms with Gasteiger partial charge in [-0.05, 0) is 32.6 Å². The van der Waals surface area contributed by atoms with E-state index in [0.717, 1.165) is 0 Å². The van der Waals surface area contributed by atoms with Gasteiger partial charge in [0.05, 0.1) is 18.6 Å². The third-order valence-corrected chi connectivity index (χ3v) is 3.42. The maximum atomic E-state index is 11.9. The summed E-state index contributed by atoms with van der Waals surface area (Å²) in [6, 6.07) is -1.15. The van der Waals surface area contributed by atoms with Crippen molar-refractivity contribution in [3.63, 3.8) is 0 Å². The largest absolute Gasteiger partial charge is 0.481 e. The SMILES string of the molecule is CC(COCC(F)(F)F)NC(=O)NC1CCC(C(=O)O)CC1. The van der Waals surface area contributed by atoms with Gasteiger partial charge in [-0.1, -0.05) is 0 Å². The highest BCUT2D eigenvalue weighted by Gasteiger charge is 2.28. The van der Waals surface area contributed by atoms with Crippen LogP contribution in [0.1, 0.15) is 32.6 Å².